The number of benzene rings is 1. The van der Waals surface area contributed by atoms with Crippen molar-refractivity contribution in [3.8, 4) is 0 Å². The van der Waals surface area contributed by atoms with Crippen molar-refractivity contribution < 1.29 is 4.79 Å². The Balaban J connectivity index is 2.02. The Morgan fingerprint density at radius 2 is 2.00 bits per heavy atom. The van der Waals surface area contributed by atoms with E-state index < -0.39 is 0 Å². The number of aromatic nitrogens is 1. The normalized spacial score (nSPS) is 12.8. The van der Waals surface area contributed by atoms with Crippen molar-refractivity contribution in [1.82, 2.24) is 15.6 Å². The van der Waals surface area contributed by atoms with Gasteiger partial charge in [0.05, 0.1) is 11.1 Å². The first-order chi connectivity index (χ1) is 9.49. The van der Waals surface area contributed by atoms with Crippen LogP contribution in [0.5, 0.6) is 0 Å². The van der Waals surface area contributed by atoms with Gasteiger partial charge >= 0.3 is 0 Å². The molecule has 20 heavy (non-hydrogen) atoms. The van der Waals surface area contributed by atoms with Crippen LogP contribution in [0.2, 0.25) is 5.02 Å². The van der Waals surface area contributed by atoms with Gasteiger partial charge in [0.1, 0.15) is 0 Å². The lowest BCUT2D eigenvalue weighted by molar-refractivity contribution is -0.123. The number of para-hydroxylation sites is 1. The van der Waals surface area contributed by atoms with Gasteiger partial charge in [0.15, 0.2) is 0 Å². The summed E-state index contributed by atoms with van der Waals surface area (Å²) >= 11 is 6.33. The van der Waals surface area contributed by atoms with E-state index in [4.69, 9.17) is 11.6 Å². The number of H-pyrrole nitrogens is 1. The summed E-state index contributed by atoms with van der Waals surface area (Å²) in [6.07, 6.45) is 0. The van der Waals surface area contributed by atoms with E-state index in [0.29, 0.717) is 11.6 Å². The molecule has 0 aliphatic carbocycles. The molecule has 1 aromatic carbocycles. The summed E-state index contributed by atoms with van der Waals surface area (Å²) in [5.74, 6) is -0.00719. The van der Waals surface area contributed by atoms with Crippen LogP contribution in [0.3, 0.4) is 0 Å². The molecule has 1 heterocycles. The van der Waals surface area contributed by atoms with Crippen molar-refractivity contribution >= 4 is 28.4 Å². The van der Waals surface area contributed by atoms with E-state index in [1.807, 2.05) is 45.0 Å². The highest BCUT2D eigenvalue weighted by Crippen LogP contribution is 2.26. The molecule has 5 heteroatoms. The van der Waals surface area contributed by atoms with Crippen molar-refractivity contribution in [2.45, 2.75) is 39.4 Å². The number of nitrogens with one attached hydrogen (secondary N) is 3. The number of fused-ring (bicyclic) bond motifs is 1. The molecule has 1 amide bonds. The highest BCUT2D eigenvalue weighted by atomic mass is 35.5. The molecule has 4 nitrogen and oxygen atoms in total. The molecule has 2 aromatic rings. The fourth-order valence-electron chi connectivity index (χ4n) is 2.04. The molecule has 2 rings (SSSR count). The summed E-state index contributed by atoms with van der Waals surface area (Å²) < 4.78 is 0. The van der Waals surface area contributed by atoms with E-state index in [1.54, 1.807) is 0 Å². The number of carbonyl (C=O) groups excluding carboxylic acids is 1. The minimum Gasteiger partial charge on any atom is -0.356 e. The fraction of sp³-hybridized carbons (Fsp3) is 0.400. The predicted molar refractivity (Wildman–Crippen MR) is 82.9 cm³/mol. The lowest BCUT2D eigenvalue weighted by Gasteiger charge is -2.15. The van der Waals surface area contributed by atoms with Gasteiger partial charge in [0, 0.05) is 29.2 Å². The van der Waals surface area contributed by atoms with Crippen LogP contribution in [0, 0.1) is 0 Å². The number of halogens is 1. The van der Waals surface area contributed by atoms with Crippen LogP contribution in [0.25, 0.3) is 10.9 Å². The van der Waals surface area contributed by atoms with Crippen LogP contribution in [-0.4, -0.2) is 23.0 Å². The lowest BCUT2D eigenvalue weighted by atomic mass is 10.2. The van der Waals surface area contributed by atoms with Gasteiger partial charge in [0.2, 0.25) is 5.91 Å². The molecular formula is C15H20ClN3O. The van der Waals surface area contributed by atoms with E-state index in [1.165, 1.54) is 0 Å². The van der Waals surface area contributed by atoms with E-state index in [2.05, 4.69) is 15.6 Å². The molecule has 108 valence electrons. The van der Waals surface area contributed by atoms with Crippen molar-refractivity contribution in [3.05, 3.63) is 35.0 Å². The SMILES string of the molecule is CC(C)NC(=O)C(C)NCc1[nH]c2ccccc2c1Cl. The Kier molecular flexibility index (Phi) is 4.68. The van der Waals surface area contributed by atoms with Crippen LogP contribution in [0.1, 0.15) is 26.5 Å². The van der Waals surface area contributed by atoms with Crippen molar-refractivity contribution in [2.24, 2.45) is 0 Å². The minimum atomic E-state index is -0.264. The van der Waals surface area contributed by atoms with Gasteiger partial charge in [-0.2, -0.15) is 0 Å². The van der Waals surface area contributed by atoms with Crippen LogP contribution in [0.4, 0.5) is 0 Å². The Labute approximate surface area is 123 Å². The van der Waals surface area contributed by atoms with E-state index in [9.17, 15) is 4.79 Å². The maximum Gasteiger partial charge on any atom is 0.237 e. The van der Waals surface area contributed by atoms with Gasteiger partial charge in [-0.1, -0.05) is 29.8 Å². The maximum atomic E-state index is 11.8. The van der Waals surface area contributed by atoms with Crippen molar-refractivity contribution in [3.63, 3.8) is 0 Å². The number of rotatable bonds is 5. The summed E-state index contributed by atoms with van der Waals surface area (Å²) in [5, 5.41) is 7.77. The number of hydrogen-bond acceptors (Lipinski definition) is 2. The van der Waals surface area contributed by atoms with Gasteiger partial charge in [-0.3, -0.25) is 4.79 Å². The summed E-state index contributed by atoms with van der Waals surface area (Å²) in [4.78, 5) is 15.1. The monoisotopic (exact) mass is 293 g/mol. The first-order valence-corrected chi connectivity index (χ1v) is 7.15. The van der Waals surface area contributed by atoms with Gasteiger partial charge < -0.3 is 15.6 Å². The average molecular weight is 294 g/mol. The third-order valence-electron chi connectivity index (χ3n) is 3.12. The Morgan fingerprint density at radius 3 is 2.65 bits per heavy atom. The summed E-state index contributed by atoms with van der Waals surface area (Å²) in [6.45, 7) is 6.26. The largest absolute Gasteiger partial charge is 0.356 e. The molecule has 1 aromatic heterocycles. The van der Waals surface area contributed by atoms with E-state index >= 15 is 0 Å². The van der Waals surface area contributed by atoms with Crippen LogP contribution in [-0.2, 0) is 11.3 Å². The van der Waals surface area contributed by atoms with Gasteiger partial charge in [-0.05, 0) is 26.8 Å². The second kappa shape index (κ2) is 6.29. The minimum absolute atomic E-state index is 0.00719. The number of aromatic amines is 1. The molecular weight excluding hydrogens is 274 g/mol. The lowest BCUT2D eigenvalue weighted by Crippen LogP contribution is -2.44. The Morgan fingerprint density at radius 1 is 1.30 bits per heavy atom. The van der Waals surface area contributed by atoms with Crippen LogP contribution in [0.15, 0.2) is 24.3 Å². The molecule has 0 aliphatic heterocycles. The van der Waals surface area contributed by atoms with Crippen LogP contribution < -0.4 is 10.6 Å². The molecule has 1 unspecified atom stereocenters. The zero-order valence-electron chi connectivity index (χ0n) is 12.0. The molecule has 0 saturated carbocycles. The van der Waals surface area contributed by atoms with Crippen molar-refractivity contribution in [1.29, 1.82) is 0 Å². The summed E-state index contributed by atoms with van der Waals surface area (Å²) in [6, 6.07) is 7.76. The average Bonchev–Trinajstić information content (AvgIpc) is 2.72. The quantitative estimate of drug-likeness (QED) is 0.794. The number of hydrogen-bond donors (Lipinski definition) is 3. The molecule has 1 atom stereocenters. The molecule has 0 bridgehead atoms. The molecule has 0 saturated heterocycles. The molecule has 3 N–H and O–H groups in total. The van der Waals surface area contributed by atoms with Crippen LogP contribution >= 0.6 is 11.6 Å². The Hall–Kier alpha value is -1.52. The number of carbonyl (C=O) groups is 1. The third kappa shape index (κ3) is 3.32. The van der Waals surface area contributed by atoms with Gasteiger partial charge in [-0.15, -0.1) is 0 Å². The molecule has 0 spiro atoms. The molecule has 0 radical (unpaired) electrons. The highest BCUT2D eigenvalue weighted by Gasteiger charge is 2.15. The summed E-state index contributed by atoms with van der Waals surface area (Å²) in [7, 11) is 0. The van der Waals surface area contributed by atoms with Crippen molar-refractivity contribution in [2.75, 3.05) is 0 Å². The standard InChI is InChI=1S/C15H20ClN3O/c1-9(2)18-15(20)10(3)17-8-13-14(16)11-6-4-5-7-12(11)19-13/h4-7,9-10,17,19H,8H2,1-3H3,(H,18,20). The van der Waals surface area contributed by atoms with Gasteiger partial charge in [0.25, 0.3) is 0 Å². The second-order valence-electron chi connectivity index (χ2n) is 5.23. The fourth-order valence-corrected chi connectivity index (χ4v) is 2.32. The molecule has 0 aliphatic rings. The zero-order chi connectivity index (χ0) is 14.7. The topological polar surface area (TPSA) is 56.9 Å². The van der Waals surface area contributed by atoms with Gasteiger partial charge in [-0.25, -0.2) is 0 Å². The third-order valence-corrected chi connectivity index (χ3v) is 3.56. The number of amides is 1. The zero-order valence-corrected chi connectivity index (χ0v) is 12.7. The first-order valence-electron chi connectivity index (χ1n) is 6.78. The predicted octanol–water partition coefficient (Wildman–Crippen LogP) is 2.82. The maximum absolute atomic E-state index is 11.8. The highest BCUT2D eigenvalue weighted by molar-refractivity contribution is 6.36. The smallest absolute Gasteiger partial charge is 0.237 e. The van der Waals surface area contributed by atoms with E-state index in [0.717, 1.165) is 16.6 Å². The second-order valence-corrected chi connectivity index (χ2v) is 5.61. The van der Waals surface area contributed by atoms with E-state index in [-0.39, 0.29) is 18.0 Å². The molecule has 0 fully saturated rings. The first kappa shape index (κ1) is 14.9. The Bertz CT molecular complexity index is 606. The summed E-state index contributed by atoms with van der Waals surface area (Å²) in [5.41, 5.74) is 1.91.